The fourth-order valence-electron chi connectivity index (χ4n) is 4.06. The van der Waals surface area contributed by atoms with E-state index in [2.05, 4.69) is 46.6 Å². The monoisotopic (exact) mass is 368 g/mol. The van der Waals surface area contributed by atoms with Crippen LogP contribution in [-0.2, 0) is 6.42 Å². The fraction of sp³-hybridized carbons (Fsp3) is 0.125. The van der Waals surface area contributed by atoms with Crippen molar-refractivity contribution in [3.63, 3.8) is 0 Å². The minimum absolute atomic E-state index is 0.0828. The van der Waals surface area contributed by atoms with Gasteiger partial charge in [0.15, 0.2) is 0 Å². The van der Waals surface area contributed by atoms with Gasteiger partial charge < -0.3 is 14.1 Å². The van der Waals surface area contributed by atoms with E-state index in [1.807, 2.05) is 36.4 Å². The molecule has 2 aromatic heterocycles. The molecular weight excluding hydrogens is 348 g/mol. The number of nitrogens with zero attached hydrogens (tertiary/aromatic N) is 1. The van der Waals surface area contributed by atoms with Crippen LogP contribution in [-0.4, -0.2) is 16.5 Å². The maximum atomic E-state index is 13.1. The summed E-state index contributed by atoms with van der Waals surface area (Å²) in [5.74, 6) is 0.722. The molecule has 2 heterocycles. The summed E-state index contributed by atoms with van der Waals surface area (Å²) >= 11 is 0. The number of hydrogen-bond acceptors (Lipinski definition) is 2. The van der Waals surface area contributed by atoms with Crippen molar-refractivity contribution in [2.75, 3.05) is 7.11 Å². The van der Waals surface area contributed by atoms with E-state index in [1.165, 1.54) is 11.1 Å². The molecule has 5 aromatic rings. The highest BCUT2D eigenvalue weighted by molar-refractivity contribution is 5.97. The maximum absolute atomic E-state index is 13.1. The van der Waals surface area contributed by atoms with E-state index in [4.69, 9.17) is 4.74 Å². The van der Waals surface area contributed by atoms with Crippen LogP contribution < -0.4 is 10.3 Å². The van der Waals surface area contributed by atoms with Crippen LogP contribution in [0.25, 0.3) is 27.5 Å². The SMILES string of the molecule is COc1ccc2c(c1)[nH]c(=O)c1c(Cc3ccccc3)c3cc(C)ccc3n12. The summed E-state index contributed by atoms with van der Waals surface area (Å²) in [5.41, 5.74) is 6.83. The average Bonchev–Trinajstić information content (AvgIpc) is 3.02. The van der Waals surface area contributed by atoms with Crippen molar-refractivity contribution < 1.29 is 4.74 Å². The van der Waals surface area contributed by atoms with Gasteiger partial charge in [-0.15, -0.1) is 0 Å². The second-order valence-corrected chi connectivity index (χ2v) is 7.18. The Morgan fingerprint density at radius 2 is 1.75 bits per heavy atom. The number of hydrogen-bond donors (Lipinski definition) is 1. The molecule has 0 aliphatic heterocycles. The van der Waals surface area contributed by atoms with Gasteiger partial charge in [-0.3, -0.25) is 4.79 Å². The van der Waals surface area contributed by atoms with E-state index in [0.717, 1.165) is 33.2 Å². The second kappa shape index (κ2) is 6.27. The van der Waals surface area contributed by atoms with Gasteiger partial charge in [0.2, 0.25) is 0 Å². The Kier molecular flexibility index (Phi) is 3.72. The summed E-state index contributed by atoms with van der Waals surface area (Å²) in [4.78, 5) is 16.2. The number of benzene rings is 3. The van der Waals surface area contributed by atoms with Crippen LogP contribution in [0.1, 0.15) is 16.7 Å². The van der Waals surface area contributed by atoms with Gasteiger partial charge in [0.1, 0.15) is 11.3 Å². The second-order valence-electron chi connectivity index (χ2n) is 7.18. The van der Waals surface area contributed by atoms with Crippen LogP contribution in [0, 0.1) is 6.92 Å². The molecule has 0 radical (unpaired) electrons. The zero-order chi connectivity index (χ0) is 19.3. The Balaban J connectivity index is 1.93. The van der Waals surface area contributed by atoms with Crippen molar-refractivity contribution in [1.82, 2.24) is 9.38 Å². The Hall–Kier alpha value is -3.53. The summed E-state index contributed by atoms with van der Waals surface area (Å²) in [6.45, 7) is 2.08. The van der Waals surface area contributed by atoms with E-state index in [1.54, 1.807) is 7.11 Å². The van der Waals surface area contributed by atoms with Crippen LogP contribution >= 0.6 is 0 Å². The Labute approximate surface area is 162 Å². The van der Waals surface area contributed by atoms with E-state index < -0.39 is 0 Å². The first-order chi connectivity index (χ1) is 13.7. The Morgan fingerprint density at radius 1 is 0.964 bits per heavy atom. The van der Waals surface area contributed by atoms with E-state index in [0.29, 0.717) is 11.9 Å². The smallest absolute Gasteiger partial charge is 0.273 e. The topological polar surface area (TPSA) is 46.5 Å². The number of aromatic nitrogens is 2. The maximum Gasteiger partial charge on any atom is 0.273 e. The van der Waals surface area contributed by atoms with Crippen LogP contribution in [0.3, 0.4) is 0 Å². The van der Waals surface area contributed by atoms with Gasteiger partial charge in [0.25, 0.3) is 5.56 Å². The van der Waals surface area contributed by atoms with Gasteiger partial charge in [0.05, 0.1) is 23.7 Å². The lowest BCUT2D eigenvalue weighted by molar-refractivity contribution is 0.415. The van der Waals surface area contributed by atoms with Crippen LogP contribution in [0.5, 0.6) is 5.75 Å². The van der Waals surface area contributed by atoms with Crippen LogP contribution in [0.2, 0.25) is 0 Å². The number of nitrogens with one attached hydrogen (secondary N) is 1. The molecule has 28 heavy (non-hydrogen) atoms. The van der Waals surface area contributed by atoms with Crippen LogP contribution in [0.4, 0.5) is 0 Å². The first-order valence-electron chi connectivity index (χ1n) is 9.33. The minimum atomic E-state index is -0.0828. The number of aromatic amines is 1. The number of H-pyrrole nitrogens is 1. The van der Waals surface area contributed by atoms with Crippen molar-refractivity contribution >= 4 is 27.5 Å². The lowest BCUT2D eigenvalue weighted by atomic mass is 10.0. The standard InChI is InChI=1S/C24H20N2O2/c1-15-8-10-21-18(12-15)19(13-16-6-4-3-5-7-16)23-24(27)25-20-14-17(28-2)9-11-22(20)26(21)23/h3-12,14H,13H2,1-2H3,(H,25,27). The first kappa shape index (κ1) is 16.6. The largest absolute Gasteiger partial charge is 0.497 e. The molecular formula is C24H20N2O2. The zero-order valence-corrected chi connectivity index (χ0v) is 15.8. The molecule has 5 rings (SSSR count). The highest BCUT2D eigenvalue weighted by atomic mass is 16.5. The van der Waals surface area contributed by atoms with Crippen molar-refractivity contribution in [2.24, 2.45) is 0 Å². The molecule has 0 unspecified atom stereocenters. The van der Waals surface area contributed by atoms with Gasteiger partial charge in [-0.2, -0.15) is 0 Å². The van der Waals surface area contributed by atoms with Crippen molar-refractivity contribution in [1.29, 1.82) is 0 Å². The molecule has 0 saturated carbocycles. The molecule has 0 fully saturated rings. The molecule has 0 aliphatic carbocycles. The molecule has 0 atom stereocenters. The van der Waals surface area contributed by atoms with Crippen molar-refractivity contribution in [3.05, 3.63) is 93.8 Å². The van der Waals surface area contributed by atoms with E-state index in [9.17, 15) is 4.79 Å². The predicted octanol–water partition coefficient (Wildman–Crippen LogP) is 4.84. The van der Waals surface area contributed by atoms with Gasteiger partial charge >= 0.3 is 0 Å². The third-order valence-corrected chi connectivity index (χ3v) is 5.36. The number of fused-ring (bicyclic) bond motifs is 5. The number of aryl methyl sites for hydroxylation is 1. The van der Waals surface area contributed by atoms with Gasteiger partial charge in [-0.1, -0.05) is 42.0 Å². The number of ether oxygens (including phenoxy) is 1. The third kappa shape index (κ3) is 2.49. The third-order valence-electron chi connectivity index (χ3n) is 5.36. The first-order valence-corrected chi connectivity index (χ1v) is 9.33. The summed E-state index contributed by atoms with van der Waals surface area (Å²) in [6.07, 6.45) is 0.710. The van der Waals surface area contributed by atoms with Gasteiger partial charge in [-0.05, 0) is 42.3 Å². The van der Waals surface area contributed by atoms with Gasteiger partial charge in [-0.25, -0.2) is 0 Å². The molecule has 0 spiro atoms. The Morgan fingerprint density at radius 3 is 2.54 bits per heavy atom. The summed E-state index contributed by atoms with van der Waals surface area (Å²) in [7, 11) is 1.63. The van der Waals surface area contributed by atoms with Gasteiger partial charge in [0, 0.05) is 17.9 Å². The van der Waals surface area contributed by atoms with Crippen LogP contribution in [0.15, 0.2) is 71.5 Å². The molecule has 0 aliphatic rings. The van der Waals surface area contributed by atoms with Crippen molar-refractivity contribution in [2.45, 2.75) is 13.3 Å². The number of rotatable bonds is 3. The van der Waals surface area contributed by atoms with Crippen molar-refractivity contribution in [3.8, 4) is 5.75 Å². The average molecular weight is 368 g/mol. The summed E-state index contributed by atoms with van der Waals surface area (Å²) in [5, 5.41) is 1.12. The molecule has 4 nitrogen and oxygen atoms in total. The highest BCUT2D eigenvalue weighted by Gasteiger charge is 2.18. The molecule has 4 heteroatoms. The molecule has 0 saturated heterocycles. The molecule has 1 N–H and O–H groups in total. The van der Waals surface area contributed by atoms with E-state index in [-0.39, 0.29) is 5.56 Å². The zero-order valence-electron chi connectivity index (χ0n) is 15.8. The molecule has 138 valence electrons. The normalized spacial score (nSPS) is 11.5. The Bertz CT molecular complexity index is 1400. The summed E-state index contributed by atoms with van der Waals surface area (Å²) < 4.78 is 7.41. The molecule has 0 bridgehead atoms. The predicted molar refractivity (Wildman–Crippen MR) is 114 cm³/mol. The fourth-order valence-corrected chi connectivity index (χ4v) is 4.06. The number of methoxy groups -OCH3 is 1. The highest BCUT2D eigenvalue weighted by Crippen LogP contribution is 2.31. The quantitative estimate of drug-likeness (QED) is 0.495. The van der Waals surface area contributed by atoms with E-state index >= 15 is 0 Å². The lowest BCUT2D eigenvalue weighted by Crippen LogP contribution is -2.11. The molecule has 0 amide bonds. The summed E-state index contributed by atoms with van der Waals surface area (Å²) in [6, 6.07) is 22.5. The lowest BCUT2D eigenvalue weighted by Gasteiger charge is -2.07. The minimum Gasteiger partial charge on any atom is -0.497 e. The molecule has 3 aromatic carbocycles.